The van der Waals surface area contributed by atoms with Gasteiger partial charge in [-0.15, -0.1) is 6.42 Å². The van der Waals surface area contributed by atoms with Crippen LogP contribution in [-0.4, -0.2) is 29.6 Å². The lowest BCUT2D eigenvalue weighted by atomic mass is 10.2. The van der Waals surface area contributed by atoms with Crippen LogP contribution >= 0.6 is 11.3 Å². The molecule has 0 aliphatic carbocycles. The summed E-state index contributed by atoms with van der Waals surface area (Å²) in [4.78, 5) is 27.5. The smallest absolute Gasteiger partial charge is 0.271 e. The van der Waals surface area contributed by atoms with Gasteiger partial charge in [-0.2, -0.15) is 4.99 Å². The number of aromatic nitrogens is 1. The Bertz CT molecular complexity index is 1360. The molecule has 0 spiro atoms. The van der Waals surface area contributed by atoms with Crippen molar-refractivity contribution in [2.45, 2.75) is 31.2 Å². The van der Waals surface area contributed by atoms with Gasteiger partial charge in [-0.05, 0) is 31.5 Å². The topological polar surface area (TPSA) is 112 Å². The van der Waals surface area contributed by atoms with Crippen LogP contribution in [0.3, 0.4) is 0 Å². The van der Waals surface area contributed by atoms with E-state index >= 15 is 0 Å². The van der Waals surface area contributed by atoms with Crippen LogP contribution in [0.25, 0.3) is 10.2 Å². The highest BCUT2D eigenvalue weighted by Crippen LogP contribution is 2.23. The van der Waals surface area contributed by atoms with E-state index in [1.807, 2.05) is 6.92 Å². The molecule has 0 N–H and O–H groups in total. The van der Waals surface area contributed by atoms with Crippen LogP contribution in [0.5, 0.6) is 0 Å². The number of fused-ring (bicyclic) bond motifs is 1. The average Bonchev–Trinajstić information content (AvgIpc) is 3.04. The number of nitro groups is 1. The number of amides is 1. The van der Waals surface area contributed by atoms with E-state index in [1.165, 1.54) is 23.5 Å². The van der Waals surface area contributed by atoms with Crippen molar-refractivity contribution in [3.63, 3.8) is 0 Å². The Hall–Kier alpha value is -3.29. The number of aryl methyl sites for hydroxylation is 1. The van der Waals surface area contributed by atoms with Crippen molar-refractivity contribution in [3.05, 3.63) is 62.9 Å². The lowest BCUT2D eigenvalue weighted by molar-refractivity contribution is -0.384. The summed E-state index contributed by atoms with van der Waals surface area (Å²) in [6, 6.07) is 10.9. The summed E-state index contributed by atoms with van der Waals surface area (Å²) in [5.74, 6) is 1.81. The van der Waals surface area contributed by atoms with Crippen LogP contribution in [0.4, 0.5) is 5.69 Å². The van der Waals surface area contributed by atoms with Crippen molar-refractivity contribution in [3.8, 4) is 12.3 Å². The third-order valence-electron chi connectivity index (χ3n) is 4.53. The van der Waals surface area contributed by atoms with Crippen molar-refractivity contribution in [2.75, 3.05) is 5.75 Å². The number of sulfone groups is 1. The summed E-state index contributed by atoms with van der Waals surface area (Å²) in [6.45, 7) is 1.96. The number of carbonyl (C=O) groups is 1. The number of nitro benzene ring substituents is 1. The number of non-ortho nitro benzene ring substituents is 1. The highest BCUT2D eigenvalue weighted by atomic mass is 32.2. The predicted molar refractivity (Wildman–Crippen MR) is 118 cm³/mol. The Morgan fingerprint density at radius 3 is 2.61 bits per heavy atom. The van der Waals surface area contributed by atoms with Crippen molar-refractivity contribution in [1.29, 1.82) is 0 Å². The van der Waals surface area contributed by atoms with E-state index in [4.69, 9.17) is 6.42 Å². The maximum atomic E-state index is 12.4. The first-order chi connectivity index (χ1) is 14.7. The zero-order chi connectivity index (χ0) is 22.6. The van der Waals surface area contributed by atoms with Gasteiger partial charge in [0.2, 0.25) is 5.91 Å². The van der Waals surface area contributed by atoms with Crippen LogP contribution in [0, 0.1) is 29.4 Å². The van der Waals surface area contributed by atoms with Gasteiger partial charge in [0.05, 0.1) is 32.3 Å². The molecular formula is C21H19N3O5S2. The third-order valence-corrected chi connectivity index (χ3v) is 7.41. The van der Waals surface area contributed by atoms with Gasteiger partial charge < -0.3 is 4.57 Å². The van der Waals surface area contributed by atoms with Crippen molar-refractivity contribution in [2.24, 2.45) is 4.99 Å². The summed E-state index contributed by atoms with van der Waals surface area (Å²) in [6.07, 6.45) is 5.49. The number of benzene rings is 2. The molecule has 31 heavy (non-hydrogen) atoms. The first kappa shape index (κ1) is 22.4. The van der Waals surface area contributed by atoms with E-state index in [2.05, 4.69) is 10.9 Å². The molecule has 0 bridgehead atoms. The molecule has 0 saturated carbocycles. The molecule has 0 fully saturated rings. The van der Waals surface area contributed by atoms with Gasteiger partial charge in [0.15, 0.2) is 14.6 Å². The standard InChI is InChI=1S/C21H19N3O5S2/c1-3-12-23-18-14-16(24(26)27)8-11-19(18)30-21(23)22-20(25)5-4-13-31(28,29)17-9-6-15(2)7-10-17/h1,6-11,14H,4-5,12-13H2,2H3. The number of rotatable bonds is 7. The molecule has 3 rings (SSSR count). The summed E-state index contributed by atoms with van der Waals surface area (Å²) >= 11 is 1.19. The lowest BCUT2D eigenvalue weighted by Crippen LogP contribution is -2.17. The first-order valence-electron chi connectivity index (χ1n) is 9.29. The second-order valence-corrected chi connectivity index (χ2v) is 9.94. The van der Waals surface area contributed by atoms with E-state index in [9.17, 15) is 23.3 Å². The molecule has 0 saturated heterocycles. The normalized spacial score (nSPS) is 12.1. The van der Waals surface area contributed by atoms with Crippen LogP contribution in [0.2, 0.25) is 0 Å². The van der Waals surface area contributed by atoms with Gasteiger partial charge >= 0.3 is 0 Å². The van der Waals surface area contributed by atoms with Gasteiger partial charge in [-0.3, -0.25) is 14.9 Å². The quantitative estimate of drug-likeness (QED) is 0.307. The van der Waals surface area contributed by atoms with E-state index < -0.39 is 20.7 Å². The summed E-state index contributed by atoms with van der Waals surface area (Å²) in [7, 11) is -3.48. The van der Waals surface area contributed by atoms with Crippen molar-refractivity contribution >= 4 is 43.0 Å². The fourth-order valence-electron chi connectivity index (χ4n) is 2.94. The zero-order valence-electron chi connectivity index (χ0n) is 16.6. The Morgan fingerprint density at radius 2 is 1.97 bits per heavy atom. The summed E-state index contributed by atoms with van der Waals surface area (Å²) in [5.41, 5.74) is 1.39. The molecule has 1 aromatic heterocycles. The Labute approximate surface area is 182 Å². The molecule has 3 aromatic rings. The number of terminal acetylenes is 1. The minimum atomic E-state index is -3.48. The Morgan fingerprint density at radius 1 is 1.26 bits per heavy atom. The second-order valence-electron chi connectivity index (χ2n) is 6.83. The van der Waals surface area contributed by atoms with Gasteiger partial charge in [0.25, 0.3) is 5.69 Å². The molecule has 0 radical (unpaired) electrons. The van der Waals surface area contributed by atoms with Crippen molar-refractivity contribution in [1.82, 2.24) is 4.57 Å². The molecule has 1 heterocycles. The molecule has 8 nitrogen and oxygen atoms in total. The average molecular weight is 458 g/mol. The van der Waals surface area contributed by atoms with Gasteiger partial charge in [0.1, 0.15) is 0 Å². The van der Waals surface area contributed by atoms with Gasteiger partial charge in [-0.25, -0.2) is 8.42 Å². The zero-order valence-corrected chi connectivity index (χ0v) is 18.3. The maximum Gasteiger partial charge on any atom is 0.271 e. The number of carbonyl (C=O) groups excluding carboxylic acids is 1. The number of hydrogen-bond acceptors (Lipinski definition) is 6. The second kappa shape index (κ2) is 9.24. The fourth-order valence-corrected chi connectivity index (χ4v) is 5.28. The van der Waals surface area contributed by atoms with Gasteiger partial charge in [-0.1, -0.05) is 35.0 Å². The van der Waals surface area contributed by atoms with Crippen LogP contribution in [0.15, 0.2) is 52.4 Å². The molecule has 10 heteroatoms. The minimum absolute atomic E-state index is 0.0461. The Kier molecular flexibility index (Phi) is 6.68. The maximum absolute atomic E-state index is 12.4. The van der Waals surface area contributed by atoms with Crippen LogP contribution < -0.4 is 4.80 Å². The van der Waals surface area contributed by atoms with Crippen LogP contribution in [-0.2, 0) is 21.2 Å². The monoisotopic (exact) mass is 457 g/mol. The molecule has 0 atom stereocenters. The van der Waals surface area contributed by atoms with Crippen LogP contribution in [0.1, 0.15) is 18.4 Å². The largest absolute Gasteiger partial charge is 0.304 e. The van der Waals surface area contributed by atoms with E-state index in [0.29, 0.717) is 15.0 Å². The highest BCUT2D eigenvalue weighted by molar-refractivity contribution is 7.91. The molecule has 2 aromatic carbocycles. The molecule has 160 valence electrons. The van der Waals surface area contributed by atoms with Gasteiger partial charge in [0, 0.05) is 18.6 Å². The molecule has 0 unspecified atom stereocenters. The molecule has 0 aliphatic heterocycles. The molecule has 1 amide bonds. The third kappa shape index (κ3) is 5.25. The van der Waals surface area contributed by atoms with E-state index in [-0.39, 0.29) is 35.7 Å². The minimum Gasteiger partial charge on any atom is -0.304 e. The van der Waals surface area contributed by atoms with E-state index in [1.54, 1.807) is 34.9 Å². The highest BCUT2D eigenvalue weighted by Gasteiger charge is 2.16. The SMILES string of the molecule is C#CCn1c(=NC(=O)CCCS(=O)(=O)c2ccc(C)cc2)sc2ccc([N+](=O)[O-])cc21. The summed E-state index contributed by atoms with van der Waals surface area (Å²) in [5, 5.41) is 11.0. The molecule has 0 aliphatic rings. The molecular weight excluding hydrogens is 438 g/mol. The predicted octanol–water partition coefficient (Wildman–Crippen LogP) is 3.23. The van der Waals surface area contributed by atoms with E-state index in [0.717, 1.165) is 5.56 Å². The lowest BCUT2D eigenvalue weighted by Gasteiger charge is -2.04. The number of hydrogen-bond donors (Lipinski definition) is 0. The first-order valence-corrected chi connectivity index (χ1v) is 11.8. The number of thiazole rings is 1. The summed E-state index contributed by atoms with van der Waals surface area (Å²) < 4.78 is 27.1. The fraction of sp³-hybridized carbons (Fsp3) is 0.238. The number of nitrogens with zero attached hydrogens (tertiary/aromatic N) is 3. The Balaban J connectivity index is 1.79. The van der Waals surface area contributed by atoms with Crippen molar-refractivity contribution < 1.29 is 18.1 Å².